The van der Waals surface area contributed by atoms with Gasteiger partial charge in [-0.3, -0.25) is 19.3 Å². The first-order chi connectivity index (χ1) is 26.2. The Balaban J connectivity index is 1.03. The molecule has 302 valence electrons. The molecule has 0 aromatic carbocycles. The lowest BCUT2D eigenvalue weighted by atomic mass is 9.43. The van der Waals surface area contributed by atoms with Gasteiger partial charge < -0.3 is 36.0 Å². The van der Waals surface area contributed by atoms with Crippen LogP contribution in [0.15, 0.2) is 16.4 Å². The first-order valence-corrected chi connectivity index (χ1v) is 20.9. The van der Waals surface area contributed by atoms with Gasteiger partial charge in [-0.1, -0.05) is 25.9 Å². The van der Waals surface area contributed by atoms with Crippen LogP contribution in [0.3, 0.4) is 0 Å². The molecule has 6 rings (SSSR count). The molecule has 0 aromatic rings. The number of rotatable bonds is 12. The van der Waals surface area contributed by atoms with Crippen LogP contribution in [0.4, 0.5) is 4.79 Å². The maximum Gasteiger partial charge on any atom is 0.408 e. The summed E-state index contributed by atoms with van der Waals surface area (Å²) in [5.41, 5.74) is 9.46. The molecular formula is C39H57N7O8S. The fourth-order valence-corrected chi connectivity index (χ4v) is 13.0. The van der Waals surface area contributed by atoms with Crippen LogP contribution in [0.5, 0.6) is 0 Å². The van der Waals surface area contributed by atoms with Gasteiger partial charge in [-0.05, 0) is 116 Å². The lowest BCUT2D eigenvalue weighted by molar-refractivity contribution is -0.223. The van der Waals surface area contributed by atoms with Gasteiger partial charge in [0.2, 0.25) is 5.91 Å². The van der Waals surface area contributed by atoms with E-state index in [-0.39, 0.29) is 72.1 Å². The largest absolute Gasteiger partial charge is 0.449 e. The lowest BCUT2D eigenvalue weighted by Gasteiger charge is -2.63. The van der Waals surface area contributed by atoms with Gasteiger partial charge in [-0.15, -0.1) is 24.1 Å². The first kappa shape index (κ1) is 41.2. The van der Waals surface area contributed by atoms with Crippen molar-refractivity contribution in [2.45, 2.75) is 128 Å². The zero-order valence-electron chi connectivity index (χ0n) is 32.3. The van der Waals surface area contributed by atoms with E-state index in [1.807, 2.05) is 0 Å². The molecule has 14 atom stereocenters. The average Bonchev–Trinajstić information content (AvgIpc) is 3.51. The van der Waals surface area contributed by atoms with Crippen LogP contribution >= 0.6 is 11.8 Å². The number of thioether (sulfide) groups is 1. The van der Waals surface area contributed by atoms with Crippen LogP contribution in [0.2, 0.25) is 0 Å². The second-order valence-electron chi connectivity index (χ2n) is 17.3. The average molecular weight is 784 g/mol. The number of azide groups is 1. The Bertz CT molecular complexity index is 1650. The zero-order valence-corrected chi connectivity index (χ0v) is 33.1. The third-order valence-corrected chi connectivity index (χ3v) is 15.8. The Morgan fingerprint density at radius 2 is 1.82 bits per heavy atom. The quantitative estimate of drug-likeness (QED) is 0.0323. The van der Waals surface area contributed by atoms with Gasteiger partial charge in [-0.25, -0.2) is 4.79 Å². The molecule has 1 saturated heterocycles. The number of carbonyl (C=O) groups is 4. The standard InChI is InChI=1S/C39H57N7O8S/c1-6-7-16-54-37(53)43-27(18-41-45-40)42-34(51)31-21(3)19-55-36-30(35(52)46(31)36)44-28(48)11-8-20(2)23-9-10-24-29-25(13-15-38(23,24)4)39(5)14-12-22(47)17-26(39)32(49)33(29)50/h1,20,22-27,29-30,32-33,36,47,49-50H,7-19H2,2-5H3,(H,42,51)(H,43,53)(H,44,48). The molecule has 0 radical (unpaired) electrons. The van der Waals surface area contributed by atoms with Crippen LogP contribution in [0.25, 0.3) is 10.4 Å². The third-order valence-electron chi connectivity index (χ3n) is 14.4. The van der Waals surface area contributed by atoms with E-state index in [0.717, 1.165) is 38.5 Å². The number of fused-ring (bicyclic) bond motifs is 6. The minimum absolute atomic E-state index is 0.0166. The Kier molecular flexibility index (Phi) is 12.4. The molecule has 4 aliphatic carbocycles. The summed E-state index contributed by atoms with van der Waals surface area (Å²) in [5, 5.41) is 44.4. The molecule has 14 unspecified atom stereocenters. The zero-order chi connectivity index (χ0) is 39.8. The van der Waals surface area contributed by atoms with Crippen molar-refractivity contribution in [3.63, 3.8) is 0 Å². The number of aliphatic hydroxyl groups is 3. The van der Waals surface area contributed by atoms with Crippen LogP contribution in [-0.2, 0) is 19.1 Å². The summed E-state index contributed by atoms with van der Waals surface area (Å²) in [4.78, 5) is 56.6. The molecule has 6 aliphatic rings. The van der Waals surface area contributed by atoms with Gasteiger partial charge in [-0.2, -0.15) is 0 Å². The van der Waals surface area contributed by atoms with Crippen molar-refractivity contribution < 1.29 is 39.2 Å². The number of nitrogens with one attached hydrogen (secondary N) is 3. The van der Waals surface area contributed by atoms with Crippen molar-refractivity contribution in [2.75, 3.05) is 18.9 Å². The summed E-state index contributed by atoms with van der Waals surface area (Å²) in [6, 6.07) is -0.791. The molecule has 0 spiro atoms. The monoisotopic (exact) mass is 783 g/mol. The van der Waals surface area contributed by atoms with Crippen molar-refractivity contribution in [2.24, 2.45) is 51.5 Å². The number of amides is 4. The van der Waals surface area contributed by atoms with Crippen LogP contribution < -0.4 is 16.0 Å². The van der Waals surface area contributed by atoms with Crippen molar-refractivity contribution in [3.8, 4) is 12.3 Å². The predicted octanol–water partition coefficient (Wildman–Crippen LogP) is 3.54. The Hall–Kier alpha value is -3.48. The molecule has 15 nitrogen and oxygen atoms in total. The number of hydrogen-bond acceptors (Lipinski definition) is 10. The van der Waals surface area contributed by atoms with Gasteiger partial charge in [0, 0.05) is 23.5 Å². The number of carbonyl (C=O) groups excluding carboxylic acids is 4. The molecule has 16 heteroatoms. The molecule has 2 heterocycles. The third kappa shape index (κ3) is 7.67. The highest BCUT2D eigenvalue weighted by molar-refractivity contribution is 8.00. The van der Waals surface area contributed by atoms with Gasteiger partial charge in [0.15, 0.2) is 0 Å². The summed E-state index contributed by atoms with van der Waals surface area (Å²) < 4.78 is 4.98. The summed E-state index contributed by atoms with van der Waals surface area (Å²) in [6.07, 6.45) is 8.44. The van der Waals surface area contributed by atoms with E-state index >= 15 is 0 Å². The predicted molar refractivity (Wildman–Crippen MR) is 204 cm³/mol. The highest BCUT2D eigenvalue weighted by Crippen LogP contribution is 2.68. The maximum absolute atomic E-state index is 13.5. The number of hydrogen-bond donors (Lipinski definition) is 6. The Morgan fingerprint density at radius 3 is 2.55 bits per heavy atom. The van der Waals surface area contributed by atoms with E-state index in [9.17, 15) is 34.5 Å². The second kappa shape index (κ2) is 16.5. The van der Waals surface area contributed by atoms with E-state index < -0.39 is 53.8 Å². The number of β-lactam (4-membered cyclic amide) rings is 1. The molecule has 5 fully saturated rings. The number of ether oxygens (including phenoxy) is 1. The SMILES string of the molecule is C#CCCOC(=O)NC(CN=[N+]=[N-])NC(=O)C1=C(C)CSC2C(NC(=O)CCC(C)C3CCC4C5C(O)C(O)C6CC(O)CCC6(C)C5CCC34C)C(=O)N12. The minimum Gasteiger partial charge on any atom is -0.449 e. The van der Waals surface area contributed by atoms with Gasteiger partial charge in [0.25, 0.3) is 11.8 Å². The Labute approximate surface area is 327 Å². The van der Waals surface area contributed by atoms with E-state index in [2.05, 4.69) is 52.7 Å². The number of nitrogens with zero attached hydrogens (tertiary/aromatic N) is 4. The van der Waals surface area contributed by atoms with Gasteiger partial charge in [0.1, 0.15) is 29.9 Å². The van der Waals surface area contributed by atoms with E-state index in [0.29, 0.717) is 36.0 Å². The summed E-state index contributed by atoms with van der Waals surface area (Å²) >= 11 is 1.45. The van der Waals surface area contributed by atoms with Gasteiger partial charge in [0.05, 0.1) is 24.9 Å². The van der Waals surface area contributed by atoms with Crippen molar-refractivity contribution >= 4 is 35.6 Å². The van der Waals surface area contributed by atoms with Crippen LogP contribution in [-0.4, -0.2) is 98.8 Å². The second-order valence-corrected chi connectivity index (χ2v) is 18.4. The van der Waals surface area contributed by atoms with E-state index in [1.54, 1.807) is 6.92 Å². The molecule has 6 N–H and O–H groups in total. The number of alkyl carbamates (subject to hydrolysis) is 1. The number of terminal acetylenes is 1. The lowest BCUT2D eigenvalue weighted by Crippen LogP contribution is -2.71. The highest BCUT2D eigenvalue weighted by atomic mass is 32.2. The highest BCUT2D eigenvalue weighted by Gasteiger charge is 2.65. The van der Waals surface area contributed by atoms with Crippen molar-refractivity contribution in [3.05, 3.63) is 21.7 Å². The van der Waals surface area contributed by atoms with Crippen molar-refractivity contribution in [1.82, 2.24) is 20.9 Å². The molecule has 0 bridgehead atoms. The van der Waals surface area contributed by atoms with E-state index in [1.165, 1.54) is 16.7 Å². The fourth-order valence-electron chi connectivity index (χ4n) is 11.7. The van der Waals surface area contributed by atoms with Crippen molar-refractivity contribution in [1.29, 1.82) is 0 Å². The summed E-state index contributed by atoms with van der Waals surface area (Å²) in [6.45, 7) is 8.24. The molecular weight excluding hydrogens is 727 g/mol. The maximum atomic E-state index is 13.5. The van der Waals surface area contributed by atoms with Crippen LogP contribution in [0, 0.1) is 58.7 Å². The Morgan fingerprint density at radius 1 is 1.09 bits per heavy atom. The first-order valence-electron chi connectivity index (χ1n) is 19.8. The fraction of sp³-hybridized carbons (Fsp3) is 0.795. The summed E-state index contributed by atoms with van der Waals surface area (Å²) in [5.74, 6) is 2.63. The molecule has 4 amide bonds. The molecule has 4 saturated carbocycles. The smallest absolute Gasteiger partial charge is 0.408 e. The summed E-state index contributed by atoms with van der Waals surface area (Å²) in [7, 11) is 0. The van der Waals surface area contributed by atoms with Crippen LogP contribution in [0.1, 0.15) is 91.9 Å². The molecule has 55 heavy (non-hydrogen) atoms. The molecule has 2 aliphatic heterocycles. The minimum atomic E-state index is -1.11. The normalized spacial score (nSPS) is 38.7. The topological polar surface area (TPSA) is 226 Å². The van der Waals surface area contributed by atoms with Gasteiger partial charge >= 0.3 is 6.09 Å². The number of aliphatic hydroxyl groups excluding tert-OH is 3. The van der Waals surface area contributed by atoms with E-state index in [4.69, 9.17) is 16.7 Å². The molecule has 0 aromatic heterocycles.